The van der Waals surface area contributed by atoms with E-state index < -0.39 is 0 Å². The second kappa shape index (κ2) is 7.50. The second-order valence-corrected chi connectivity index (χ2v) is 6.35. The Balaban J connectivity index is 1.63. The molecule has 4 nitrogen and oxygen atoms in total. The molecule has 0 bridgehead atoms. The monoisotopic (exact) mass is 344 g/mol. The molecule has 26 heavy (non-hydrogen) atoms. The van der Waals surface area contributed by atoms with E-state index in [1.165, 1.54) is 5.56 Å². The number of rotatable bonds is 4. The first-order valence-corrected chi connectivity index (χ1v) is 8.76. The zero-order valence-electron chi connectivity index (χ0n) is 14.5. The van der Waals surface area contributed by atoms with E-state index in [1.54, 1.807) is 12.4 Å². The Morgan fingerprint density at radius 1 is 0.923 bits per heavy atom. The number of benzene rings is 2. The van der Waals surface area contributed by atoms with Crippen LogP contribution in [0.3, 0.4) is 0 Å². The molecule has 0 saturated heterocycles. The zero-order chi connectivity index (χ0) is 17.8. The van der Waals surface area contributed by atoms with Crippen molar-refractivity contribution in [2.24, 2.45) is 0 Å². The lowest BCUT2D eigenvalue weighted by atomic mass is 10.0. The van der Waals surface area contributed by atoms with Gasteiger partial charge in [-0.3, -0.25) is 9.78 Å². The first kappa shape index (κ1) is 16.5. The van der Waals surface area contributed by atoms with Gasteiger partial charge in [0.25, 0.3) is 5.91 Å². The maximum absolute atomic E-state index is 12.5. The van der Waals surface area contributed by atoms with Gasteiger partial charge in [-0.25, -0.2) is 0 Å². The number of aromatic nitrogens is 1. The molecule has 1 aromatic heterocycles. The van der Waals surface area contributed by atoms with E-state index in [9.17, 15) is 4.79 Å². The van der Waals surface area contributed by atoms with Gasteiger partial charge in [-0.05, 0) is 47.4 Å². The minimum Gasteiger partial charge on any atom is -0.367 e. The lowest BCUT2D eigenvalue weighted by Crippen LogP contribution is -2.34. The van der Waals surface area contributed by atoms with E-state index in [2.05, 4.69) is 29.2 Å². The molecule has 1 aliphatic rings. The fraction of sp³-hybridized carbons (Fsp3) is 0.182. The van der Waals surface area contributed by atoms with Crippen molar-refractivity contribution < 1.29 is 9.53 Å². The Kier molecular flexibility index (Phi) is 4.75. The predicted molar refractivity (Wildman–Crippen MR) is 102 cm³/mol. The van der Waals surface area contributed by atoms with Crippen LogP contribution in [0.2, 0.25) is 0 Å². The van der Waals surface area contributed by atoms with Crippen LogP contribution in [0.5, 0.6) is 0 Å². The van der Waals surface area contributed by atoms with Gasteiger partial charge in [0.1, 0.15) is 6.61 Å². The van der Waals surface area contributed by atoms with Crippen LogP contribution in [-0.2, 0) is 22.6 Å². The molecule has 0 N–H and O–H groups in total. The summed E-state index contributed by atoms with van der Waals surface area (Å²) in [7, 11) is 0. The highest BCUT2D eigenvalue weighted by Gasteiger charge is 2.22. The van der Waals surface area contributed by atoms with Crippen LogP contribution >= 0.6 is 0 Å². The molecule has 4 rings (SSSR count). The molecular formula is C22H20N2O2. The quantitative estimate of drug-likeness (QED) is 0.722. The average Bonchev–Trinajstić information content (AvgIpc) is 2.85. The number of pyridine rings is 1. The fourth-order valence-electron chi connectivity index (χ4n) is 3.28. The Morgan fingerprint density at radius 2 is 1.73 bits per heavy atom. The molecular weight excluding hydrogens is 324 g/mol. The van der Waals surface area contributed by atoms with Crippen molar-refractivity contribution in [3.63, 3.8) is 0 Å². The first-order valence-electron chi connectivity index (χ1n) is 8.76. The van der Waals surface area contributed by atoms with Crippen LogP contribution in [0.4, 0.5) is 5.69 Å². The summed E-state index contributed by atoms with van der Waals surface area (Å²) in [6.45, 7) is 1.21. The van der Waals surface area contributed by atoms with Gasteiger partial charge in [-0.1, -0.05) is 36.4 Å². The Bertz CT molecular complexity index is 895. The minimum absolute atomic E-state index is 0.0105. The van der Waals surface area contributed by atoms with Gasteiger partial charge in [0.2, 0.25) is 0 Å². The summed E-state index contributed by atoms with van der Waals surface area (Å²) in [5, 5.41) is 0. The minimum atomic E-state index is 0.0105. The van der Waals surface area contributed by atoms with Crippen molar-refractivity contribution in [1.29, 1.82) is 0 Å². The molecule has 0 unspecified atom stereocenters. The van der Waals surface area contributed by atoms with E-state index in [0.717, 1.165) is 28.8 Å². The van der Waals surface area contributed by atoms with Crippen LogP contribution in [-0.4, -0.2) is 24.0 Å². The largest absolute Gasteiger partial charge is 0.367 e. The summed E-state index contributed by atoms with van der Waals surface area (Å²) in [6, 6.07) is 20.4. The molecule has 0 radical (unpaired) electrons. The number of amides is 1. The third kappa shape index (κ3) is 3.51. The SMILES string of the molecule is O=C1COCc2cc(-c3ccncc3)ccc2N1CCc1ccccc1. The summed E-state index contributed by atoms with van der Waals surface area (Å²) >= 11 is 0. The number of fused-ring (bicyclic) bond motifs is 1. The number of ether oxygens (including phenoxy) is 1. The van der Waals surface area contributed by atoms with E-state index in [0.29, 0.717) is 13.2 Å². The zero-order valence-corrected chi connectivity index (χ0v) is 14.5. The third-order valence-electron chi connectivity index (χ3n) is 4.64. The average molecular weight is 344 g/mol. The van der Waals surface area contributed by atoms with Gasteiger partial charge in [0.05, 0.1) is 6.61 Å². The molecule has 0 spiro atoms. The van der Waals surface area contributed by atoms with E-state index in [4.69, 9.17) is 4.74 Å². The van der Waals surface area contributed by atoms with Gasteiger partial charge >= 0.3 is 0 Å². The van der Waals surface area contributed by atoms with Crippen LogP contribution < -0.4 is 4.90 Å². The predicted octanol–water partition coefficient (Wildman–Crippen LogP) is 3.85. The molecule has 4 heteroatoms. The van der Waals surface area contributed by atoms with Crippen LogP contribution in [0.15, 0.2) is 73.1 Å². The number of carbonyl (C=O) groups excluding carboxylic acids is 1. The summed E-state index contributed by atoms with van der Waals surface area (Å²) < 4.78 is 5.60. The molecule has 0 fully saturated rings. The van der Waals surface area contributed by atoms with Crippen molar-refractivity contribution in [3.8, 4) is 11.1 Å². The molecule has 130 valence electrons. The maximum atomic E-state index is 12.5. The number of nitrogens with zero attached hydrogens (tertiary/aromatic N) is 2. The molecule has 2 aromatic carbocycles. The van der Waals surface area contributed by atoms with Crippen molar-refractivity contribution in [2.75, 3.05) is 18.1 Å². The summed E-state index contributed by atoms with van der Waals surface area (Å²) in [5.74, 6) is 0.0105. The molecule has 0 aliphatic carbocycles. The second-order valence-electron chi connectivity index (χ2n) is 6.35. The van der Waals surface area contributed by atoms with Crippen molar-refractivity contribution in [2.45, 2.75) is 13.0 Å². The van der Waals surface area contributed by atoms with Crippen LogP contribution in [0.1, 0.15) is 11.1 Å². The summed E-state index contributed by atoms with van der Waals surface area (Å²) in [6.07, 6.45) is 4.39. The van der Waals surface area contributed by atoms with Gasteiger partial charge < -0.3 is 9.64 Å². The summed E-state index contributed by atoms with van der Waals surface area (Å²) in [4.78, 5) is 18.5. The Morgan fingerprint density at radius 3 is 2.54 bits per heavy atom. The van der Waals surface area contributed by atoms with E-state index in [-0.39, 0.29) is 12.5 Å². The smallest absolute Gasteiger partial charge is 0.253 e. The lowest BCUT2D eigenvalue weighted by Gasteiger charge is -2.23. The van der Waals surface area contributed by atoms with Crippen molar-refractivity contribution in [1.82, 2.24) is 4.98 Å². The fourth-order valence-corrected chi connectivity index (χ4v) is 3.28. The Labute approximate surface area is 153 Å². The van der Waals surface area contributed by atoms with Crippen molar-refractivity contribution in [3.05, 3.63) is 84.2 Å². The van der Waals surface area contributed by atoms with Gasteiger partial charge in [-0.15, -0.1) is 0 Å². The highest BCUT2D eigenvalue weighted by Crippen LogP contribution is 2.30. The van der Waals surface area contributed by atoms with Crippen LogP contribution in [0.25, 0.3) is 11.1 Å². The number of hydrogen-bond donors (Lipinski definition) is 0. The molecule has 0 saturated carbocycles. The van der Waals surface area contributed by atoms with Crippen LogP contribution in [0, 0.1) is 0 Å². The van der Waals surface area contributed by atoms with E-state index >= 15 is 0 Å². The first-order chi connectivity index (χ1) is 12.8. The Hall–Kier alpha value is -2.98. The van der Waals surface area contributed by atoms with Crippen molar-refractivity contribution >= 4 is 11.6 Å². The van der Waals surface area contributed by atoms with Gasteiger partial charge in [0, 0.05) is 30.2 Å². The normalized spacial score (nSPS) is 14.0. The topological polar surface area (TPSA) is 42.4 Å². The molecule has 1 aliphatic heterocycles. The highest BCUT2D eigenvalue weighted by molar-refractivity contribution is 5.96. The maximum Gasteiger partial charge on any atom is 0.253 e. The molecule has 2 heterocycles. The van der Waals surface area contributed by atoms with E-state index in [1.807, 2.05) is 41.3 Å². The molecule has 3 aromatic rings. The number of anilines is 1. The van der Waals surface area contributed by atoms with Gasteiger partial charge in [0.15, 0.2) is 0 Å². The molecule has 0 atom stereocenters. The number of carbonyl (C=O) groups is 1. The van der Waals surface area contributed by atoms with Gasteiger partial charge in [-0.2, -0.15) is 0 Å². The number of hydrogen-bond acceptors (Lipinski definition) is 3. The molecule has 1 amide bonds. The lowest BCUT2D eigenvalue weighted by molar-refractivity contribution is -0.123. The third-order valence-corrected chi connectivity index (χ3v) is 4.64. The highest BCUT2D eigenvalue weighted by atomic mass is 16.5. The standard InChI is InChI=1S/C22H20N2O2/c25-22-16-26-15-20-14-19(18-8-11-23-12-9-18)6-7-21(20)24(22)13-10-17-4-2-1-3-5-17/h1-9,11-12,14H,10,13,15-16H2. The summed E-state index contributed by atoms with van der Waals surface area (Å²) in [5.41, 5.74) is 5.42.